The lowest BCUT2D eigenvalue weighted by atomic mass is 10.2. The maximum absolute atomic E-state index is 12.7. The Morgan fingerprint density at radius 3 is 2.58 bits per heavy atom. The smallest absolute Gasteiger partial charge is 0.258 e. The van der Waals surface area contributed by atoms with Gasteiger partial charge in [0.2, 0.25) is 10.0 Å². The number of nitrogens with one attached hydrogen (secondary N) is 1. The molecule has 0 aromatic heterocycles. The summed E-state index contributed by atoms with van der Waals surface area (Å²) in [5.41, 5.74) is 5.32. The number of hydrogen-bond donors (Lipinski definition) is 2. The highest BCUT2D eigenvalue weighted by molar-refractivity contribution is 7.89. The van der Waals surface area contributed by atoms with Crippen molar-refractivity contribution in [1.29, 1.82) is 0 Å². The van der Waals surface area contributed by atoms with E-state index in [0.717, 1.165) is 12.8 Å². The van der Waals surface area contributed by atoms with Crippen molar-refractivity contribution in [2.75, 3.05) is 32.8 Å². The van der Waals surface area contributed by atoms with E-state index in [1.54, 1.807) is 12.1 Å². The van der Waals surface area contributed by atoms with Gasteiger partial charge in [-0.25, -0.2) is 8.42 Å². The van der Waals surface area contributed by atoms with E-state index in [-0.39, 0.29) is 42.1 Å². The number of nitrogens with two attached hydrogens (primary N) is 1. The second-order valence-corrected chi connectivity index (χ2v) is 9.66. The molecule has 0 radical (unpaired) electrons. The van der Waals surface area contributed by atoms with Gasteiger partial charge in [0.15, 0.2) is 18.1 Å². The van der Waals surface area contributed by atoms with Crippen LogP contribution in [0.3, 0.4) is 0 Å². The molecule has 1 saturated heterocycles. The molecule has 2 aromatic carbocycles. The Balaban J connectivity index is 1.34. The molecule has 11 heteroatoms. The molecule has 1 fully saturated rings. The zero-order chi connectivity index (χ0) is 23.4. The van der Waals surface area contributed by atoms with Gasteiger partial charge in [-0.3, -0.25) is 9.59 Å². The highest BCUT2D eigenvalue weighted by atomic mass is 32.2. The number of benzene rings is 2. The second kappa shape index (κ2) is 9.67. The summed E-state index contributed by atoms with van der Waals surface area (Å²) in [6.07, 6.45) is 1.23. The van der Waals surface area contributed by atoms with E-state index in [2.05, 4.69) is 5.32 Å². The standard InChI is InChI=1S/C22H25N3O7S/c23-22(27)17-11-16(33(28,29)25-9-3-4-10-25)7-8-18(17)31-14-21(26)24-12-15-13-30-19-5-1-2-6-20(19)32-15/h1-2,5-8,11,15H,3-4,9-10,12-14H2,(H2,23,27)(H,24,26)/t15-/m0/s1. The molecule has 2 amide bonds. The van der Waals surface area contributed by atoms with Gasteiger partial charge in [0.1, 0.15) is 18.5 Å². The molecule has 33 heavy (non-hydrogen) atoms. The molecule has 0 spiro atoms. The Bertz CT molecular complexity index is 1150. The molecule has 0 aliphatic carbocycles. The number of rotatable bonds is 8. The van der Waals surface area contributed by atoms with Crippen LogP contribution < -0.4 is 25.3 Å². The fourth-order valence-electron chi connectivity index (χ4n) is 3.65. The number of fused-ring (bicyclic) bond motifs is 1. The molecule has 0 bridgehead atoms. The summed E-state index contributed by atoms with van der Waals surface area (Å²) in [5.74, 6) is -0.00644. The largest absolute Gasteiger partial charge is 0.486 e. The van der Waals surface area contributed by atoms with Crippen molar-refractivity contribution in [2.45, 2.75) is 23.8 Å². The first-order valence-corrected chi connectivity index (χ1v) is 12.0. The predicted molar refractivity (Wildman–Crippen MR) is 118 cm³/mol. The van der Waals surface area contributed by atoms with Crippen LogP contribution in [-0.4, -0.2) is 63.5 Å². The number of carbonyl (C=O) groups is 2. The summed E-state index contributed by atoms with van der Waals surface area (Å²) >= 11 is 0. The molecular weight excluding hydrogens is 450 g/mol. The van der Waals surface area contributed by atoms with E-state index >= 15 is 0 Å². The van der Waals surface area contributed by atoms with Gasteiger partial charge in [-0.15, -0.1) is 0 Å². The zero-order valence-corrected chi connectivity index (χ0v) is 18.7. The molecule has 1 atom stereocenters. The third-order valence-corrected chi connectivity index (χ3v) is 7.27. The van der Waals surface area contributed by atoms with Gasteiger partial charge in [-0.2, -0.15) is 4.31 Å². The predicted octanol–water partition coefficient (Wildman–Crippen LogP) is 0.905. The minimum absolute atomic E-state index is 0.0317. The number of amides is 2. The molecule has 2 aliphatic heterocycles. The monoisotopic (exact) mass is 475 g/mol. The highest BCUT2D eigenvalue weighted by Gasteiger charge is 2.28. The van der Waals surface area contributed by atoms with Crippen LogP contribution in [0.15, 0.2) is 47.4 Å². The van der Waals surface area contributed by atoms with E-state index < -0.39 is 21.8 Å². The van der Waals surface area contributed by atoms with E-state index in [1.807, 2.05) is 12.1 Å². The van der Waals surface area contributed by atoms with Gasteiger partial charge < -0.3 is 25.3 Å². The molecule has 2 aromatic rings. The highest BCUT2D eigenvalue weighted by Crippen LogP contribution is 2.30. The lowest BCUT2D eigenvalue weighted by Gasteiger charge is -2.26. The Morgan fingerprint density at radius 2 is 1.85 bits per heavy atom. The molecule has 2 aliphatic rings. The lowest BCUT2D eigenvalue weighted by molar-refractivity contribution is -0.123. The maximum atomic E-state index is 12.7. The molecule has 4 rings (SSSR count). The minimum atomic E-state index is -3.72. The van der Waals surface area contributed by atoms with Gasteiger partial charge in [-0.1, -0.05) is 12.1 Å². The maximum Gasteiger partial charge on any atom is 0.258 e. The summed E-state index contributed by atoms with van der Waals surface area (Å²) in [4.78, 5) is 24.1. The van der Waals surface area contributed by atoms with E-state index in [9.17, 15) is 18.0 Å². The summed E-state index contributed by atoms with van der Waals surface area (Å²) in [6.45, 7) is 0.980. The van der Waals surface area contributed by atoms with Crippen molar-refractivity contribution in [2.24, 2.45) is 5.73 Å². The third-order valence-electron chi connectivity index (χ3n) is 5.37. The first-order valence-electron chi connectivity index (χ1n) is 10.6. The SMILES string of the molecule is NC(=O)c1cc(S(=O)(=O)N2CCCC2)ccc1OCC(=O)NC[C@H]1COc2ccccc2O1. The summed E-state index contributed by atoms with van der Waals surface area (Å²) in [6, 6.07) is 11.1. The Kier molecular flexibility index (Phi) is 6.70. The fourth-order valence-corrected chi connectivity index (χ4v) is 5.20. The van der Waals surface area contributed by atoms with Crippen LogP contribution >= 0.6 is 0 Å². The van der Waals surface area contributed by atoms with Crippen molar-refractivity contribution in [3.8, 4) is 17.2 Å². The van der Waals surface area contributed by atoms with Crippen LogP contribution in [0.5, 0.6) is 17.2 Å². The molecular formula is C22H25N3O7S. The van der Waals surface area contributed by atoms with E-state index in [4.69, 9.17) is 19.9 Å². The van der Waals surface area contributed by atoms with Crippen molar-refractivity contribution < 1.29 is 32.2 Å². The topological polar surface area (TPSA) is 137 Å². The Hall–Kier alpha value is -3.31. The molecule has 176 valence electrons. The minimum Gasteiger partial charge on any atom is -0.486 e. The summed E-state index contributed by atoms with van der Waals surface area (Å²) < 4.78 is 43.7. The lowest BCUT2D eigenvalue weighted by Crippen LogP contribution is -2.42. The fraction of sp³-hybridized carbons (Fsp3) is 0.364. The third kappa shape index (κ3) is 5.20. The van der Waals surface area contributed by atoms with Crippen molar-refractivity contribution in [3.63, 3.8) is 0 Å². The number of nitrogens with zero attached hydrogens (tertiary/aromatic N) is 1. The van der Waals surface area contributed by atoms with Crippen molar-refractivity contribution in [3.05, 3.63) is 48.0 Å². The Labute approximate surface area is 191 Å². The van der Waals surface area contributed by atoms with Gasteiger partial charge >= 0.3 is 0 Å². The van der Waals surface area contributed by atoms with Gasteiger partial charge in [0.05, 0.1) is 17.0 Å². The first kappa shape index (κ1) is 22.9. The van der Waals surface area contributed by atoms with Crippen LogP contribution in [0, 0.1) is 0 Å². The normalized spacial score (nSPS) is 18.0. The van der Waals surface area contributed by atoms with Gasteiger partial charge in [0, 0.05) is 13.1 Å². The number of carbonyl (C=O) groups excluding carboxylic acids is 2. The van der Waals surface area contributed by atoms with Crippen LogP contribution in [0.2, 0.25) is 0 Å². The van der Waals surface area contributed by atoms with Crippen LogP contribution in [0.4, 0.5) is 0 Å². The zero-order valence-electron chi connectivity index (χ0n) is 17.9. The molecule has 10 nitrogen and oxygen atoms in total. The van der Waals surface area contributed by atoms with Gasteiger partial charge in [0.25, 0.3) is 11.8 Å². The Morgan fingerprint density at radius 1 is 1.12 bits per heavy atom. The number of hydrogen-bond acceptors (Lipinski definition) is 7. The van der Waals surface area contributed by atoms with E-state index in [0.29, 0.717) is 24.6 Å². The van der Waals surface area contributed by atoms with Crippen molar-refractivity contribution >= 4 is 21.8 Å². The average molecular weight is 476 g/mol. The number of primary amides is 1. The van der Waals surface area contributed by atoms with Crippen LogP contribution in [-0.2, 0) is 14.8 Å². The first-order chi connectivity index (χ1) is 15.8. The second-order valence-electron chi connectivity index (χ2n) is 7.72. The molecule has 0 saturated carbocycles. The summed E-state index contributed by atoms with van der Waals surface area (Å²) in [7, 11) is -3.72. The molecule has 2 heterocycles. The van der Waals surface area contributed by atoms with E-state index in [1.165, 1.54) is 22.5 Å². The van der Waals surface area contributed by atoms with Crippen molar-refractivity contribution in [1.82, 2.24) is 9.62 Å². The quantitative estimate of drug-likeness (QED) is 0.579. The number of sulfonamides is 1. The number of ether oxygens (including phenoxy) is 3. The number of para-hydroxylation sites is 2. The molecule has 3 N–H and O–H groups in total. The summed E-state index contributed by atoms with van der Waals surface area (Å²) in [5, 5.41) is 2.69. The molecule has 0 unspecified atom stereocenters. The van der Waals surface area contributed by atoms with Crippen LogP contribution in [0.1, 0.15) is 23.2 Å². The van der Waals surface area contributed by atoms with Gasteiger partial charge in [-0.05, 0) is 43.2 Å². The average Bonchev–Trinajstić information content (AvgIpc) is 3.37. The van der Waals surface area contributed by atoms with Crippen LogP contribution in [0.25, 0.3) is 0 Å².